The van der Waals surface area contributed by atoms with Crippen molar-refractivity contribution in [1.82, 2.24) is 9.80 Å². The minimum Gasteiger partial charge on any atom is -0.386 e. The van der Waals surface area contributed by atoms with Gasteiger partial charge >= 0.3 is 0 Å². The van der Waals surface area contributed by atoms with Crippen LogP contribution in [-0.4, -0.2) is 103 Å². The Balaban J connectivity index is 1.40. The summed E-state index contributed by atoms with van der Waals surface area (Å²) in [6.07, 6.45) is 5.65. The summed E-state index contributed by atoms with van der Waals surface area (Å²) in [4.78, 5) is 29.9. The van der Waals surface area contributed by atoms with Crippen LogP contribution in [0.3, 0.4) is 0 Å². The van der Waals surface area contributed by atoms with Gasteiger partial charge in [0.05, 0.1) is 12.1 Å². The molecule has 0 saturated carbocycles. The number of fused-ring (bicyclic) bond motifs is 10. The largest absolute Gasteiger partial charge is 0.386 e. The molecule has 0 radical (unpaired) electrons. The van der Waals surface area contributed by atoms with Gasteiger partial charge in [0.1, 0.15) is 36.6 Å². The smallest absolute Gasteiger partial charge is 0.261 e. The van der Waals surface area contributed by atoms with Crippen molar-refractivity contribution in [3.05, 3.63) is 23.3 Å². The molecule has 5 heterocycles. The number of carbonyl (C=O) groups excluding carboxylic acids is 2. The maximum atomic E-state index is 14.2. The highest BCUT2D eigenvalue weighted by atomic mass is 32.2. The summed E-state index contributed by atoms with van der Waals surface area (Å²) in [5, 5.41) is 20.6. The quantitative estimate of drug-likeness (QED) is 0.427. The monoisotopic (exact) mass is 450 g/mol. The summed E-state index contributed by atoms with van der Waals surface area (Å²) >= 11 is 2.79. The van der Waals surface area contributed by atoms with Crippen molar-refractivity contribution in [3.63, 3.8) is 0 Å². The summed E-state index contributed by atoms with van der Waals surface area (Å²) in [7, 11) is 0. The first-order valence-electron chi connectivity index (χ1n) is 10.2. The van der Waals surface area contributed by atoms with E-state index in [9.17, 15) is 19.8 Å². The standard InChI is InChI=1S/C20H22N2O6S2/c1-29-19-5-7-3-9(23)13-15(27-13)11(7)21(19)18(26)20(30-2)6-8-4-10(24)14-16(28-14)12(8)22(20)17(19)25/h3-4,9-16,23-24H,5-6H2,1-2H3/t9-,10-,11-,12-,13-,14-,15+,16+,19+,20+/m0/s1. The average molecular weight is 451 g/mol. The summed E-state index contributed by atoms with van der Waals surface area (Å²) in [6.45, 7) is 0. The summed E-state index contributed by atoms with van der Waals surface area (Å²) < 4.78 is 11.5. The van der Waals surface area contributed by atoms with E-state index in [0.717, 1.165) is 11.1 Å². The van der Waals surface area contributed by atoms with Crippen LogP contribution in [0.1, 0.15) is 12.8 Å². The van der Waals surface area contributed by atoms with Gasteiger partial charge in [0, 0.05) is 12.8 Å². The minimum absolute atomic E-state index is 0.0787. The Kier molecular flexibility index (Phi) is 3.38. The Morgan fingerprint density at radius 2 is 1.23 bits per heavy atom. The predicted octanol–water partition coefficient (Wildman–Crippen LogP) is -0.543. The molecule has 8 nitrogen and oxygen atoms in total. The molecule has 2 amide bonds. The number of aliphatic hydroxyl groups is 2. The highest BCUT2D eigenvalue weighted by Gasteiger charge is 2.76. The van der Waals surface area contributed by atoms with Crippen LogP contribution in [0, 0.1) is 0 Å². The fourth-order valence-corrected chi connectivity index (χ4v) is 8.49. The number of ether oxygens (including phenoxy) is 2. The molecule has 2 aliphatic carbocycles. The summed E-state index contributed by atoms with van der Waals surface area (Å²) in [6, 6.07) is -0.610. The molecule has 5 saturated heterocycles. The second kappa shape index (κ2) is 5.47. The van der Waals surface area contributed by atoms with E-state index in [2.05, 4.69) is 0 Å². The number of rotatable bonds is 2. The van der Waals surface area contributed by atoms with Gasteiger partial charge in [0.25, 0.3) is 11.8 Å². The van der Waals surface area contributed by atoms with E-state index in [4.69, 9.17) is 9.47 Å². The lowest BCUT2D eigenvalue weighted by atomic mass is 9.91. The Morgan fingerprint density at radius 3 is 1.60 bits per heavy atom. The fraction of sp³-hybridized carbons (Fsp3) is 0.700. The molecule has 30 heavy (non-hydrogen) atoms. The molecule has 0 bridgehead atoms. The first-order valence-corrected chi connectivity index (χ1v) is 12.7. The van der Waals surface area contributed by atoms with Crippen molar-refractivity contribution in [2.45, 2.75) is 71.3 Å². The number of hydrogen-bond donors (Lipinski definition) is 2. The summed E-state index contributed by atoms with van der Waals surface area (Å²) in [5.41, 5.74) is 1.84. The molecule has 5 fully saturated rings. The highest BCUT2D eigenvalue weighted by molar-refractivity contribution is 8.01. The number of hydrogen-bond acceptors (Lipinski definition) is 8. The molecule has 160 valence electrons. The first kappa shape index (κ1) is 18.5. The van der Waals surface area contributed by atoms with E-state index < -0.39 is 21.9 Å². The van der Waals surface area contributed by atoms with Crippen LogP contribution in [0.2, 0.25) is 0 Å². The van der Waals surface area contributed by atoms with Gasteiger partial charge in [-0.05, 0) is 23.7 Å². The molecule has 2 N–H and O–H groups in total. The van der Waals surface area contributed by atoms with E-state index in [1.54, 1.807) is 22.0 Å². The van der Waals surface area contributed by atoms with Gasteiger partial charge < -0.3 is 29.5 Å². The Hall–Kier alpha value is -1.04. The van der Waals surface area contributed by atoms with Gasteiger partial charge in [-0.15, -0.1) is 23.5 Å². The van der Waals surface area contributed by atoms with Crippen molar-refractivity contribution >= 4 is 35.3 Å². The van der Waals surface area contributed by atoms with Crippen LogP contribution in [0.5, 0.6) is 0 Å². The van der Waals surface area contributed by atoms with Crippen molar-refractivity contribution in [3.8, 4) is 0 Å². The number of carbonyl (C=O) groups is 2. The second-order valence-corrected chi connectivity index (χ2v) is 11.3. The Bertz CT molecular complexity index is 895. The van der Waals surface area contributed by atoms with E-state index in [0.29, 0.717) is 12.8 Å². The number of aliphatic hydroxyl groups excluding tert-OH is 2. The van der Waals surface area contributed by atoms with Crippen molar-refractivity contribution in [1.29, 1.82) is 0 Å². The molecule has 10 atom stereocenters. The van der Waals surface area contributed by atoms with Gasteiger partial charge in [-0.1, -0.05) is 12.2 Å². The third kappa shape index (κ3) is 1.86. The molecular weight excluding hydrogens is 428 g/mol. The third-order valence-electron chi connectivity index (χ3n) is 7.95. The molecular formula is C20H22N2O6S2. The Morgan fingerprint density at radius 1 is 0.833 bits per heavy atom. The van der Waals surface area contributed by atoms with Crippen LogP contribution in [-0.2, 0) is 19.1 Å². The van der Waals surface area contributed by atoms with Crippen molar-refractivity contribution in [2.75, 3.05) is 12.5 Å². The van der Waals surface area contributed by atoms with Crippen LogP contribution >= 0.6 is 23.5 Å². The molecule has 0 aromatic rings. The topological polar surface area (TPSA) is 106 Å². The van der Waals surface area contributed by atoms with Crippen molar-refractivity contribution < 1.29 is 29.3 Å². The molecule has 0 spiro atoms. The zero-order chi connectivity index (χ0) is 20.7. The van der Waals surface area contributed by atoms with Gasteiger partial charge in [-0.2, -0.15) is 0 Å². The van der Waals surface area contributed by atoms with E-state index >= 15 is 0 Å². The molecule has 10 heteroatoms. The number of amides is 2. The number of thioether (sulfide) groups is 2. The van der Waals surface area contributed by atoms with E-state index in [1.807, 2.05) is 12.5 Å². The van der Waals surface area contributed by atoms with Crippen molar-refractivity contribution in [2.24, 2.45) is 0 Å². The Labute approximate surface area is 181 Å². The third-order valence-corrected chi connectivity index (χ3v) is 10.3. The number of epoxide rings is 2. The molecule has 0 aromatic carbocycles. The maximum absolute atomic E-state index is 14.2. The van der Waals surface area contributed by atoms with Gasteiger partial charge in [-0.25, -0.2) is 0 Å². The number of nitrogens with zero attached hydrogens (tertiary/aromatic N) is 2. The van der Waals surface area contributed by atoms with Crippen LogP contribution in [0.25, 0.3) is 0 Å². The zero-order valence-electron chi connectivity index (χ0n) is 16.4. The fourth-order valence-electron chi connectivity index (χ4n) is 6.53. The summed E-state index contributed by atoms with van der Waals surface area (Å²) in [5.74, 6) is -0.157. The lowest BCUT2D eigenvalue weighted by molar-refractivity contribution is -0.166. The average Bonchev–Trinajstić information content (AvgIpc) is 3.63. The van der Waals surface area contributed by atoms with E-state index in [-0.39, 0.29) is 48.3 Å². The van der Waals surface area contributed by atoms with Gasteiger partial charge in [0.2, 0.25) is 0 Å². The normalized spacial score (nSPS) is 54.4. The SMILES string of the molecule is CS[C@@]12CC3=C[C@H](O)[C@@H]4O[C@@H]4[C@H]3N1C(=O)[C@]1(SC)CC3=C[C@H](O)[C@@H]4O[C@@H]4[C@H]3N1C2=O. The zero-order valence-corrected chi connectivity index (χ0v) is 18.1. The first-order chi connectivity index (χ1) is 14.4. The van der Waals surface area contributed by atoms with Crippen LogP contribution < -0.4 is 0 Å². The molecule has 7 aliphatic rings. The lowest BCUT2D eigenvalue weighted by Crippen LogP contribution is -2.74. The minimum atomic E-state index is -1.04. The van der Waals surface area contributed by atoms with Crippen LogP contribution in [0.15, 0.2) is 23.3 Å². The maximum Gasteiger partial charge on any atom is 0.261 e. The van der Waals surface area contributed by atoms with E-state index in [1.165, 1.54) is 23.5 Å². The van der Waals surface area contributed by atoms with Crippen LogP contribution in [0.4, 0.5) is 0 Å². The molecule has 7 rings (SSSR count). The predicted molar refractivity (Wildman–Crippen MR) is 108 cm³/mol. The number of piperazine rings is 1. The second-order valence-electron chi connectivity index (χ2n) is 9.17. The highest BCUT2D eigenvalue weighted by Crippen LogP contribution is 2.62. The lowest BCUT2D eigenvalue weighted by Gasteiger charge is -2.53. The molecule has 0 unspecified atom stereocenters. The molecule has 0 aromatic heterocycles. The van der Waals surface area contributed by atoms with Gasteiger partial charge in [-0.3, -0.25) is 9.59 Å². The molecule has 5 aliphatic heterocycles. The van der Waals surface area contributed by atoms with Gasteiger partial charge in [0.15, 0.2) is 9.74 Å².